The molecule has 0 radical (unpaired) electrons. The van der Waals surface area contributed by atoms with Gasteiger partial charge in [-0.15, -0.1) is 0 Å². The SMILES string of the molecule is CCc1c2[nH]c(c1C=O)/C=c1\[nH]/c(c(C)c1CC)=C\C1=C(C)[C@H](CCC(=O)OC/C=C(\C)CCCC(C)C)C(N1)C1=c3[nH]/c(c(C)c3C(=O)[C@@H]1C(=O)OC)=C\2. The van der Waals surface area contributed by atoms with Crippen LogP contribution in [0.2, 0.25) is 0 Å². The number of aromatic amines is 3. The van der Waals surface area contributed by atoms with E-state index < -0.39 is 17.9 Å². The third-order valence-corrected chi connectivity index (χ3v) is 11.9. The maximum absolute atomic E-state index is 14.3. The Balaban J connectivity index is 1.50. The van der Waals surface area contributed by atoms with Gasteiger partial charge in [-0.2, -0.15) is 0 Å². The number of aldehydes is 1. The molecule has 0 amide bonds. The lowest BCUT2D eigenvalue weighted by Crippen LogP contribution is -2.39. The van der Waals surface area contributed by atoms with Crippen LogP contribution in [-0.4, -0.2) is 58.7 Å². The standard InChI is InChI=1S/C45H56N4O6/c1-10-28-25(6)32-19-33-26(7)30(15-16-38(51)55-18-17-24(5)14-12-13-23(3)4)42(48-33)40-41(45(53)54-9)44(52)39-27(8)34(49-43(39)40)20-36-29(11-2)31(22-50)37(47-36)21-35(28)46-32/h17,19-23,30,41-42,46-49H,10-16,18H2,1-9H3/b24-17+,32-19-,34-20-,35-21-/t30-,41+,42?/m0/s1. The van der Waals surface area contributed by atoms with Crippen molar-refractivity contribution in [2.24, 2.45) is 17.8 Å². The summed E-state index contributed by atoms with van der Waals surface area (Å²) >= 11 is 0. The molecule has 6 rings (SSSR count). The molecule has 2 aliphatic heterocycles. The number of allylic oxidation sites excluding steroid dienone is 2. The summed E-state index contributed by atoms with van der Waals surface area (Å²) in [6.07, 6.45) is 14.2. The Morgan fingerprint density at radius 3 is 2.29 bits per heavy atom. The molecule has 0 fully saturated rings. The van der Waals surface area contributed by atoms with E-state index in [-0.39, 0.29) is 30.7 Å². The molecule has 0 aromatic carbocycles. The summed E-state index contributed by atoms with van der Waals surface area (Å²) in [6.45, 7) is 16.9. The van der Waals surface area contributed by atoms with Gasteiger partial charge in [0.1, 0.15) is 12.5 Å². The van der Waals surface area contributed by atoms with Gasteiger partial charge in [-0.1, -0.05) is 39.7 Å². The van der Waals surface area contributed by atoms with Crippen molar-refractivity contribution >= 4 is 47.8 Å². The quantitative estimate of drug-likeness (QED) is 0.0853. The first-order valence-corrected chi connectivity index (χ1v) is 19.8. The third-order valence-electron chi connectivity index (χ3n) is 11.9. The minimum atomic E-state index is -1.15. The zero-order valence-corrected chi connectivity index (χ0v) is 33.8. The highest BCUT2D eigenvalue weighted by molar-refractivity contribution is 6.19. The fourth-order valence-electron chi connectivity index (χ4n) is 8.76. The maximum Gasteiger partial charge on any atom is 0.320 e. The van der Waals surface area contributed by atoms with E-state index in [9.17, 15) is 19.2 Å². The number of Topliss-reactive ketones (excluding diaryl/α,β-unsaturated/α-hetero) is 1. The average Bonchev–Trinajstić information content (AvgIpc) is 3.90. The van der Waals surface area contributed by atoms with Gasteiger partial charge in [-0.25, -0.2) is 0 Å². The molecular weight excluding hydrogens is 693 g/mol. The number of hydrogen-bond acceptors (Lipinski definition) is 7. The first kappa shape index (κ1) is 39.6. The lowest BCUT2D eigenvalue weighted by molar-refractivity contribution is -0.143. The monoisotopic (exact) mass is 748 g/mol. The van der Waals surface area contributed by atoms with Crippen LogP contribution in [-0.2, 0) is 31.9 Å². The molecule has 55 heavy (non-hydrogen) atoms. The molecule has 3 aliphatic rings. The highest BCUT2D eigenvalue weighted by Crippen LogP contribution is 2.39. The molecule has 292 valence electrons. The molecule has 0 saturated heterocycles. The van der Waals surface area contributed by atoms with E-state index >= 15 is 0 Å². The molecular formula is C45H56N4O6. The van der Waals surface area contributed by atoms with Crippen LogP contribution in [0.1, 0.15) is 128 Å². The molecule has 3 aromatic heterocycles. The van der Waals surface area contributed by atoms with E-state index in [1.54, 1.807) is 0 Å². The summed E-state index contributed by atoms with van der Waals surface area (Å²) in [5.74, 6) is -1.96. The van der Waals surface area contributed by atoms with Crippen LogP contribution in [0, 0.1) is 31.6 Å². The van der Waals surface area contributed by atoms with Gasteiger partial charge in [0.2, 0.25) is 0 Å². The molecule has 3 aromatic rings. The third kappa shape index (κ3) is 7.48. The first-order chi connectivity index (χ1) is 26.3. The zero-order chi connectivity index (χ0) is 39.7. The van der Waals surface area contributed by atoms with Gasteiger partial charge in [-0.05, 0) is 123 Å². The van der Waals surface area contributed by atoms with Gasteiger partial charge >= 0.3 is 11.9 Å². The van der Waals surface area contributed by atoms with Crippen LogP contribution >= 0.6 is 0 Å². The predicted octanol–water partition coefficient (Wildman–Crippen LogP) is 4.77. The van der Waals surface area contributed by atoms with E-state index in [1.165, 1.54) is 12.7 Å². The van der Waals surface area contributed by atoms with E-state index in [4.69, 9.17) is 9.47 Å². The average molecular weight is 749 g/mol. The highest BCUT2D eigenvalue weighted by Gasteiger charge is 2.47. The topological polar surface area (TPSA) is 146 Å². The van der Waals surface area contributed by atoms with Crippen LogP contribution in [0.15, 0.2) is 22.9 Å². The van der Waals surface area contributed by atoms with E-state index in [2.05, 4.69) is 61.0 Å². The van der Waals surface area contributed by atoms with Crippen molar-refractivity contribution in [2.45, 2.75) is 106 Å². The Labute approximate surface area is 322 Å². The maximum atomic E-state index is 14.3. The number of nitrogens with one attached hydrogen (secondary N) is 4. The second-order valence-corrected chi connectivity index (χ2v) is 15.7. The molecule has 4 N–H and O–H groups in total. The molecule has 1 unspecified atom stereocenters. The van der Waals surface area contributed by atoms with Crippen LogP contribution in [0.25, 0.3) is 23.8 Å². The summed E-state index contributed by atoms with van der Waals surface area (Å²) < 4.78 is 10.9. The van der Waals surface area contributed by atoms with Crippen LogP contribution in [0.4, 0.5) is 0 Å². The second kappa shape index (κ2) is 16.3. The first-order valence-electron chi connectivity index (χ1n) is 19.8. The van der Waals surface area contributed by atoms with Crippen molar-refractivity contribution in [1.82, 2.24) is 20.3 Å². The zero-order valence-electron chi connectivity index (χ0n) is 33.8. The normalized spacial score (nSPS) is 20.8. The fourth-order valence-corrected chi connectivity index (χ4v) is 8.76. The summed E-state index contributed by atoms with van der Waals surface area (Å²) in [7, 11) is 1.30. The number of H-pyrrole nitrogens is 3. The van der Waals surface area contributed by atoms with Gasteiger partial charge in [0.15, 0.2) is 12.1 Å². The summed E-state index contributed by atoms with van der Waals surface area (Å²) in [6, 6.07) is -0.493. The van der Waals surface area contributed by atoms with Crippen LogP contribution < -0.4 is 26.7 Å². The largest absolute Gasteiger partial charge is 0.468 e. The Hall–Kier alpha value is -5.12. The number of rotatable bonds is 13. The molecule has 0 saturated carbocycles. The Morgan fingerprint density at radius 2 is 1.62 bits per heavy atom. The lowest BCUT2D eigenvalue weighted by Gasteiger charge is -2.26. The van der Waals surface area contributed by atoms with Crippen molar-refractivity contribution in [2.75, 3.05) is 13.7 Å². The molecule has 3 atom stereocenters. The van der Waals surface area contributed by atoms with Crippen molar-refractivity contribution < 1.29 is 28.7 Å². The van der Waals surface area contributed by atoms with Crippen LogP contribution in [0.3, 0.4) is 0 Å². The van der Waals surface area contributed by atoms with Gasteiger partial charge < -0.3 is 29.7 Å². The Kier molecular flexibility index (Phi) is 11.7. The molecule has 10 nitrogen and oxygen atoms in total. The Bertz CT molecular complexity index is 2360. The fraction of sp³-hybridized carbons (Fsp3) is 0.467. The van der Waals surface area contributed by atoms with Gasteiger partial charge in [-0.3, -0.25) is 19.2 Å². The lowest BCUT2D eigenvalue weighted by atomic mass is 9.82. The van der Waals surface area contributed by atoms with E-state index in [1.807, 2.05) is 39.0 Å². The highest BCUT2D eigenvalue weighted by atomic mass is 16.5. The predicted molar refractivity (Wildman–Crippen MR) is 215 cm³/mol. The molecule has 8 bridgehead atoms. The summed E-state index contributed by atoms with van der Waals surface area (Å²) in [5.41, 5.74) is 10.0. The number of esters is 2. The molecule has 10 heteroatoms. The number of methoxy groups -OCH3 is 1. The summed E-state index contributed by atoms with van der Waals surface area (Å²) in [4.78, 5) is 64.3. The van der Waals surface area contributed by atoms with Gasteiger partial charge in [0.25, 0.3) is 0 Å². The van der Waals surface area contributed by atoms with E-state index in [0.29, 0.717) is 57.4 Å². The van der Waals surface area contributed by atoms with Gasteiger partial charge in [0.05, 0.1) is 24.2 Å². The number of carbonyl (C=O) groups is 4. The number of aromatic nitrogens is 3. The second-order valence-electron chi connectivity index (χ2n) is 15.7. The number of hydrogen-bond donors (Lipinski definition) is 4. The minimum absolute atomic E-state index is 0.169. The van der Waals surface area contributed by atoms with E-state index in [0.717, 1.165) is 76.3 Å². The van der Waals surface area contributed by atoms with Crippen molar-refractivity contribution in [1.29, 1.82) is 0 Å². The van der Waals surface area contributed by atoms with Crippen molar-refractivity contribution in [3.05, 3.63) is 89.1 Å². The Morgan fingerprint density at radius 1 is 0.909 bits per heavy atom. The number of carbonyl (C=O) groups excluding carboxylic acids is 4. The van der Waals surface area contributed by atoms with Gasteiger partial charge in [0, 0.05) is 50.9 Å². The number of fused-ring (bicyclic) bond motifs is 8. The van der Waals surface area contributed by atoms with Crippen LogP contribution in [0.5, 0.6) is 0 Å². The number of ketones is 1. The molecule has 1 aliphatic carbocycles. The van der Waals surface area contributed by atoms with Crippen molar-refractivity contribution in [3.63, 3.8) is 0 Å². The summed E-state index contributed by atoms with van der Waals surface area (Å²) in [5, 5.41) is 6.84. The number of ether oxygens (including phenoxy) is 2. The molecule has 5 heterocycles. The van der Waals surface area contributed by atoms with Crippen molar-refractivity contribution in [3.8, 4) is 0 Å². The molecule has 0 spiro atoms. The smallest absolute Gasteiger partial charge is 0.320 e. The minimum Gasteiger partial charge on any atom is -0.468 e.